The maximum Gasteiger partial charge on any atom is 0.152 e. The van der Waals surface area contributed by atoms with Crippen molar-refractivity contribution in [2.24, 2.45) is 0 Å². The molecule has 0 radical (unpaired) electrons. The van der Waals surface area contributed by atoms with Crippen LogP contribution in [0.1, 0.15) is 25.6 Å². The van der Waals surface area contributed by atoms with Crippen molar-refractivity contribution in [3.05, 3.63) is 42.4 Å². The highest BCUT2D eigenvalue weighted by atomic mass is 16.5. The summed E-state index contributed by atoms with van der Waals surface area (Å²) in [6.07, 6.45) is 2.86. The molecule has 138 valence electrons. The third-order valence-corrected chi connectivity index (χ3v) is 4.45. The fourth-order valence-corrected chi connectivity index (χ4v) is 3.23. The molecule has 0 saturated heterocycles. The Labute approximate surface area is 154 Å². The van der Waals surface area contributed by atoms with Gasteiger partial charge in [-0.1, -0.05) is 24.8 Å². The van der Waals surface area contributed by atoms with E-state index >= 15 is 0 Å². The number of hydrogen-bond acceptors (Lipinski definition) is 5. The molecule has 1 aromatic carbocycles. The molecular formula is C20H27N5O. The number of ether oxygens (including phenoxy) is 1. The monoisotopic (exact) mass is 353 g/mol. The number of para-hydroxylation sites is 1. The van der Waals surface area contributed by atoms with Crippen LogP contribution in [0.5, 0.6) is 0 Å². The first kappa shape index (κ1) is 18.2. The van der Waals surface area contributed by atoms with Gasteiger partial charge in [-0.25, -0.2) is 9.97 Å². The topological polar surface area (TPSA) is 78.0 Å². The maximum atomic E-state index is 6.20. The summed E-state index contributed by atoms with van der Waals surface area (Å²) < 4.78 is 7.55. The SMILES string of the molecule is C=C(C)NCCCCn1c(CCOC)nc2c(N)nc3ccccc3c21. The third-order valence-electron chi connectivity index (χ3n) is 4.45. The summed E-state index contributed by atoms with van der Waals surface area (Å²) in [5.74, 6) is 1.49. The molecule has 0 amide bonds. The molecule has 2 aromatic heterocycles. The molecule has 26 heavy (non-hydrogen) atoms. The maximum absolute atomic E-state index is 6.20. The zero-order valence-electron chi connectivity index (χ0n) is 15.6. The van der Waals surface area contributed by atoms with Crippen molar-refractivity contribution in [2.75, 3.05) is 26.0 Å². The van der Waals surface area contributed by atoms with Gasteiger partial charge in [-0.2, -0.15) is 0 Å². The Balaban J connectivity index is 1.97. The van der Waals surface area contributed by atoms with Crippen molar-refractivity contribution >= 4 is 27.8 Å². The predicted molar refractivity (Wildman–Crippen MR) is 107 cm³/mol. The molecular weight excluding hydrogens is 326 g/mol. The second-order valence-electron chi connectivity index (χ2n) is 6.55. The lowest BCUT2D eigenvalue weighted by Crippen LogP contribution is -2.13. The minimum atomic E-state index is 0.486. The van der Waals surface area contributed by atoms with E-state index in [1.807, 2.05) is 25.1 Å². The van der Waals surface area contributed by atoms with Gasteiger partial charge in [0.05, 0.1) is 17.6 Å². The predicted octanol–water partition coefficient (Wildman–Crippen LogP) is 3.26. The van der Waals surface area contributed by atoms with Crippen LogP contribution in [0, 0.1) is 0 Å². The molecule has 0 aliphatic heterocycles. The highest BCUT2D eigenvalue weighted by molar-refractivity contribution is 6.06. The highest BCUT2D eigenvalue weighted by Crippen LogP contribution is 2.29. The number of anilines is 1. The van der Waals surface area contributed by atoms with Crippen LogP contribution in [-0.2, 0) is 17.7 Å². The normalized spacial score (nSPS) is 11.3. The summed E-state index contributed by atoms with van der Waals surface area (Å²) in [6.45, 7) is 8.31. The number of imidazole rings is 1. The lowest BCUT2D eigenvalue weighted by Gasteiger charge is -2.11. The average molecular weight is 353 g/mol. The lowest BCUT2D eigenvalue weighted by atomic mass is 10.2. The summed E-state index contributed by atoms with van der Waals surface area (Å²) in [4.78, 5) is 9.31. The van der Waals surface area contributed by atoms with Gasteiger partial charge in [0.15, 0.2) is 5.82 Å². The number of allylic oxidation sites excluding steroid dienone is 1. The average Bonchev–Trinajstić information content (AvgIpc) is 2.99. The molecule has 0 fully saturated rings. The number of fused-ring (bicyclic) bond motifs is 3. The van der Waals surface area contributed by atoms with Gasteiger partial charge in [0.1, 0.15) is 11.3 Å². The second-order valence-corrected chi connectivity index (χ2v) is 6.55. The summed E-state index contributed by atoms with van der Waals surface area (Å²) in [6, 6.07) is 8.10. The summed E-state index contributed by atoms with van der Waals surface area (Å²) in [5, 5.41) is 4.37. The van der Waals surface area contributed by atoms with Gasteiger partial charge in [0.25, 0.3) is 0 Å². The molecule has 3 aromatic rings. The van der Waals surface area contributed by atoms with Crippen LogP contribution in [0.25, 0.3) is 21.9 Å². The Hall–Kier alpha value is -2.60. The number of nitrogen functional groups attached to an aromatic ring is 1. The van der Waals surface area contributed by atoms with E-state index < -0.39 is 0 Å². The minimum absolute atomic E-state index is 0.486. The van der Waals surface area contributed by atoms with E-state index in [9.17, 15) is 0 Å². The molecule has 3 rings (SSSR count). The van der Waals surface area contributed by atoms with E-state index in [0.29, 0.717) is 12.4 Å². The van der Waals surface area contributed by atoms with Gasteiger partial charge >= 0.3 is 0 Å². The molecule has 6 heteroatoms. The second kappa shape index (κ2) is 8.19. The number of aromatic nitrogens is 3. The zero-order valence-corrected chi connectivity index (χ0v) is 15.6. The molecule has 0 saturated carbocycles. The van der Waals surface area contributed by atoms with Gasteiger partial charge in [0, 0.05) is 37.7 Å². The number of aryl methyl sites for hydroxylation is 1. The van der Waals surface area contributed by atoms with Crippen molar-refractivity contribution in [2.45, 2.75) is 32.7 Å². The number of nitrogens with two attached hydrogens (primary N) is 1. The van der Waals surface area contributed by atoms with Crippen LogP contribution >= 0.6 is 0 Å². The van der Waals surface area contributed by atoms with E-state index in [1.54, 1.807) is 7.11 Å². The molecule has 2 heterocycles. The lowest BCUT2D eigenvalue weighted by molar-refractivity contribution is 0.199. The molecule has 0 atom stereocenters. The molecule has 0 aliphatic carbocycles. The van der Waals surface area contributed by atoms with Crippen LogP contribution < -0.4 is 11.1 Å². The van der Waals surface area contributed by atoms with Crippen LogP contribution in [0.15, 0.2) is 36.5 Å². The quantitative estimate of drug-likeness (QED) is 0.577. The Kier molecular flexibility index (Phi) is 5.73. The fraction of sp³-hybridized carbons (Fsp3) is 0.400. The number of benzene rings is 1. The number of methoxy groups -OCH3 is 1. The summed E-state index contributed by atoms with van der Waals surface area (Å²) in [7, 11) is 1.71. The fourth-order valence-electron chi connectivity index (χ4n) is 3.23. The highest BCUT2D eigenvalue weighted by Gasteiger charge is 2.16. The Bertz CT molecular complexity index is 915. The Morgan fingerprint density at radius 3 is 2.85 bits per heavy atom. The van der Waals surface area contributed by atoms with Crippen molar-refractivity contribution < 1.29 is 4.74 Å². The van der Waals surface area contributed by atoms with E-state index in [-0.39, 0.29) is 0 Å². The van der Waals surface area contributed by atoms with E-state index in [2.05, 4.69) is 27.5 Å². The standard InChI is InChI=1S/C20H27N5O/c1-14(2)22-11-6-7-12-25-17(10-13-26-3)24-18-19(25)15-8-4-5-9-16(15)23-20(18)21/h4-5,8-9,22H,1,6-7,10-13H2,2-3H3,(H2,21,23). The van der Waals surface area contributed by atoms with Crippen LogP contribution in [0.3, 0.4) is 0 Å². The molecule has 0 bridgehead atoms. The number of pyridine rings is 1. The Morgan fingerprint density at radius 2 is 2.08 bits per heavy atom. The van der Waals surface area contributed by atoms with Gasteiger partial charge in [-0.15, -0.1) is 0 Å². The molecule has 0 unspecified atom stereocenters. The van der Waals surface area contributed by atoms with Crippen LogP contribution in [0.2, 0.25) is 0 Å². The number of rotatable bonds is 9. The first-order valence-corrected chi connectivity index (χ1v) is 9.03. The van der Waals surface area contributed by atoms with Gasteiger partial charge in [0.2, 0.25) is 0 Å². The smallest absolute Gasteiger partial charge is 0.152 e. The first-order valence-electron chi connectivity index (χ1n) is 9.03. The summed E-state index contributed by atoms with van der Waals surface area (Å²) >= 11 is 0. The largest absolute Gasteiger partial charge is 0.389 e. The number of nitrogens with zero attached hydrogens (tertiary/aromatic N) is 3. The number of unbranched alkanes of at least 4 members (excludes halogenated alkanes) is 1. The third kappa shape index (κ3) is 3.80. The Morgan fingerprint density at radius 1 is 1.27 bits per heavy atom. The molecule has 0 aliphatic rings. The van der Waals surface area contributed by atoms with Crippen LogP contribution in [-0.4, -0.2) is 34.8 Å². The number of hydrogen-bond donors (Lipinski definition) is 2. The van der Waals surface area contributed by atoms with Crippen molar-refractivity contribution in [3.63, 3.8) is 0 Å². The molecule has 3 N–H and O–H groups in total. The minimum Gasteiger partial charge on any atom is -0.389 e. The van der Waals surface area contributed by atoms with Gasteiger partial charge in [-0.3, -0.25) is 0 Å². The van der Waals surface area contributed by atoms with Crippen LogP contribution in [0.4, 0.5) is 5.82 Å². The molecule has 0 spiro atoms. The van der Waals surface area contributed by atoms with Crippen molar-refractivity contribution in [3.8, 4) is 0 Å². The number of nitrogens with one attached hydrogen (secondary N) is 1. The van der Waals surface area contributed by atoms with Gasteiger partial charge < -0.3 is 20.4 Å². The molecule has 6 nitrogen and oxygen atoms in total. The van der Waals surface area contributed by atoms with Crippen molar-refractivity contribution in [1.29, 1.82) is 0 Å². The van der Waals surface area contributed by atoms with E-state index in [4.69, 9.17) is 15.5 Å². The van der Waals surface area contributed by atoms with E-state index in [1.165, 1.54) is 0 Å². The van der Waals surface area contributed by atoms with Gasteiger partial charge in [-0.05, 0) is 25.8 Å². The first-order chi connectivity index (χ1) is 12.6. The van der Waals surface area contributed by atoms with Crippen molar-refractivity contribution in [1.82, 2.24) is 19.9 Å². The zero-order chi connectivity index (χ0) is 18.5. The summed E-state index contributed by atoms with van der Waals surface area (Å²) in [5.41, 5.74) is 9.97. The van der Waals surface area contributed by atoms with E-state index in [0.717, 1.165) is 65.8 Å².